The Hall–Kier alpha value is -1.69. The Morgan fingerprint density at radius 2 is 2.09 bits per heavy atom. The standard InChI is InChI=1S/C17H25NO4S/c1-4-23-9-8-15(17(20)21)18-16(19)11-22-14-7-5-6-13(10-14)12(2)3/h5-7,10,12,15H,4,8-9,11H2,1-3H3,(H,18,19)(H,20,21). The Bertz CT molecular complexity index is 519. The van der Waals surface area contributed by atoms with E-state index in [1.807, 2.05) is 25.1 Å². The highest BCUT2D eigenvalue weighted by Crippen LogP contribution is 2.19. The normalized spacial score (nSPS) is 12.0. The number of hydrogen-bond donors (Lipinski definition) is 2. The topological polar surface area (TPSA) is 75.6 Å². The Morgan fingerprint density at radius 1 is 1.35 bits per heavy atom. The van der Waals surface area contributed by atoms with Crippen LogP contribution in [0.15, 0.2) is 24.3 Å². The molecule has 0 aliphatic carbocycles. The minimum absolute atomic E-state index is 0.188. The molecule has 0 heterocycles. The van der Waals surface area contributed by atoms with Gasteiger partial charge in [-0.2, -0.15) is 11.8 Å². The summed E-state index contributed by atoms with van der Waals surface area (Å²) in [5, 5.41) is 11.6. The lowest BCUT2D eigenvalue weighted by Gasteiger charge is -2.15. The van der Waals surface area contributed by atoms with Gasteiger partial charge in [0, 0.05) is 0 Å². The van der Waals surface area contributed by atoms with Crippen LogP contribution in [0.1, 0.15) is 38.7 Å². The molecule has 1 aromatic rings. The fraction of sp³-hybridized carbons (Fsp3) is 0.529. The Balaban J connectivity index is 2.48. The molecule has 1 unspecified atom stereocenters. The van der Waals surface area contributed by atoms with E-state index in [0.717, 1.165) is 11.3 Å². The second-order valence-corrected chi connectivity index (χ2v) is 6.85. The zero-order valence-electron chi connectivity index (χ0n) is 13.9. The van der Waals surface area contributed by atoms with Crippen molar-refractivity contribution in [3.05, 3.63) is 29.8 Å². The number of carbonyl (C=O) groups is 2. The van der Waals surface area contributed by atoms with Gasteiger partial charge >= 0.3 is 5.97 Å². The van der Waals surface area contributed by atoms with Crippen LogP contribution in [-0.4, -0.2) is 41.1 Å². The van der Waals surface area contributed by atoms with E-state index >= 15 is 0 Å². The van der Waals surface area contributed by atoms with Crippen molar-refractivity contribution in [2.45, 2.75) is 39.2 Å². The molecule has 2 N–H and O–H groups in total. The van der Waals surface area contributed by atoms with Crippen molar-refractivity contribution in [1.29, 1.82) is 0 Å². The van der Waals surface area contributed by atoms with Gasteiger partial charge in [0.1, 0.15) is 11.8 Å². The van der Waals surface area contributed by atoms with Crippen LogP contribution < -0.4 is 10.1 Å². The third kappa shape index (κ3) is 7.41. The molecule has 0 saturated carbocycles. The van der Waals surface area contributed by atoms with E-state index in [1.165, 1.54) is 0 Å². The van der Waals surface area contributed by atoms with Gasteiger partial charge in [-0.15, -0.1) is 0 Å². The molecule has 6 heteroatoms. The zero-order chi connectivity index (χ0) is 17.2. The average molecular weight is 339 g/mol. The highest BCUT2D eigenvalue weighted by molar-refractivity contribution is 7.99. The van der Waals surface area contributed by atoms with Gasteiger partial charge in [0.05, 0.1) is 0 Å². The number of hydrogen-bond acceptors (Lipinski definition) is 4. The van der Waals surface area contributed by atoms with Crippen molar-refractivity contribution < 1.29 is 19.4 Å². The molecule has 0 aliphatic heterocycles. The SMILES string of the molecule is CCSCCC(NC(=O)COc1cccc(C(C)C)c1)C(=O)O. The van der Waals surface area contributed by atoms with Crippen LogP contribution in [-0.2, 0) is 9.59 Å². The molecule has 0 aromatic heterocycles. The van der Waals surface area contributed by atoms with Crippen molar-refractivity contribution >= 4 is 23.6 Å². The van der Waals surface area contributed by atoms with Crippen molar-refractivity contribution in [2.75, 3.05) is 18.1 Å². The molecule has 0 aliphatic rings. The van der Waals surface area contributed by atoms with Crippen LogP contribution in [0.25, 0.3) is 0 Å². The van der Waals surface area contributed by atoms with Crippen LogP contribution in [0.2, 0.25) is 0 Å². The third-order valence-corrected chi connectivity index (χ3v) is 4.22. The summed E-state index contributed by atoms with van der Waals surface area (Å²) < 4.78 is 5.45. The molecule has 1 rings (SSSR count). The van der Waals surface area contributed by atoms with Crippen molar-refractivity contribution in [3.63, 3.8) is 0 Å². The fourth-order valence-electron chi connectivity index (χ4n) is 1.95. The van der Waals surface area contributed by atoms with Gasteiger partial charge in [-0.1, -0.05) is 32.9 Å². The summed E-state index contributed by atoms with van der Waals surface area (Å²) in [6.07, 6.45) is 0.405. The van der Waals surface area contributed by atoms with Crippen LogP contribution in [0.4, 0.5) is 0 Å². The van der Waals surface area contributed by atoms with E-state index in [1.54, 1.807) is 17.8 Å². The number of aliphatic carboxylic acids is 1. The molecule has 0 saturated heterocycles. The van der Waals surface area contributed by atoms with Gasteiger partial charge in [0.15, 0.2) is 6.61 Å². The number of ether oxygens (including phenoxy) is 1. The lowest BCUT2D eigenvalue weighted by molar-refractivity contribution is -0.142. The minimum Gasteiger partial charge on any atom is -0.484 e. The van der Waals surface area contributed by atoms with Gasteiger partial charge < -0.3 is 15.2 Å². The second-order valence-electron chi connectivity index (χ2n) is 5.46. The summed E-state index contributed by atoms with van der Waals surface area (Å²) in [6, 6.07) is 6.69. The largest absolute Gasteiger partial charge is 0.484 e. The molecule has 5 nitrogen and oxygen atoms in total. The summed E-state index contributed by atoms with van der Waals surface area (Å²) in [5.74, 6) is 1.17. The molecule has 128 valence electrons. The maximum absolute atomic E-state index is 11.9. The number of benzene rings is 1. The first-order chi connectivity index (χ1) is 10.9. The van der Waals surface area contributed by atoms with Gasteiger partial charge in [-0.25, -0.2) is 4.79 Å². The predicted octanol–water partition coefficient (Wildman–Crippen LogP) is 2.90. The van der Waals surface area contributed by atoms with Crippen LogP contribution in [0, 0.1) is 0 Å². The van der Waals surface area contributed by atoms with Crippen molar-refractivity contribution in [1.82, 2.24) is 5.32 Å². The number of carbonyl (C=O) groups excluding carboxylic acids is 1. The first kappa shape index (κ1) is 19.4. The molecule has 23 heavy (non-hydrogen) atoms. The molecule has 1 amide bonds. The van der Waals surface area contributed by atoms with Crippen LogP contribution >= 0.6 is 11.8 Å². The molecular formula is C17H25NO4S. The summed E-state index contributed by atoms with van der Waals surface area (Å²) in [6.45, 7) is 5.99. The first-order valence-electron chi connectivity index (χ1n) is 7.76. The Labute approximate surface area is 141 Å². The molecule has 0 fully saturated rings. The summed E-state index contributed by atoms with van der Waals surface area (Å²) in [5.41, 5.74) is 1.13. The first-order valence-corrected chi connectivity index (χ1v) is 8.92. The van der Waals surface area contributed by atoms with E-state index in [4.69, 9.17) is 9.84 Å². The third-order valence-electron chi connectivity index (χ3n) is 3.28. The number of carboxylic acids is 1. The highest BCUT2D eigenvalue weighted by atomic mass is 32.2. The molecule has 1 atom stereocenters. The van der Waals surface area contributed by atoms with Crippen molar-refractivity contribution in [2.24, 2.45) is 0 Å². The van der Waals surface area contributed by atoms with E-state index in [-0.39, 0.29) is 6.61 Å². The molecular weight excluding hydrogens is 314 g/mol. The van der Waals surface area contributed by atoms with Crippen LogP contribution in [0.5, 0.6) is 5.75 Å². The zero-order valence-corrected chi connectivity index (χ0v) is 14.7. The smallest absolute Gasteiger partial charge is 0.326 e. The molecule has 0 bridgehead atoms. The number of carboxylic acid groups (broad SMARTS) is 1. The monoisotopic (exact) mass is 339 g/mol. The maximum atomic E-state index is 11.9. The van der Waals surface area contributed by atoms with Gasteiger partial charge in [0.2, 0.25) is 0 Å². The van der Waals surface area contributed by atoms with Gasteiger partial charge in [0.25, 0.3) is 5.91 Å². The lowest BCUT2D eigenvalue weighted by atomic mass is 10.0. The Kier molecular flexibility index (Phi) is 8.55. The van der Waals surface area contributed by atoms with Gasteiger partial charge in [-0.3, -0.25) is 4.79 Å². The number of amides is 1. The molecule has 0 radical (unpaired) electrons. The van der Waals surface area contributed by atoms with E-state index in [2.05, 4.69) is 19.2 Å². The lowest BCUT2D eigenvalue weighted by Crippen LogP contribution is -2.43. The van der Waals surface area contributed by atoms with E-state index in [0.29, 0.717) is 23.8 Å². The van der Waals surface area contributed by atoms with E-state index in [9.17, 15) is 9.59 Å². The Morgan fingerprint density at radius 3 is 2.70 bits per heavy atom. The number of rotatable bonds is 10. The summed E-state index contributed by atoms with van der Waals surface area (Å²) in [4.78, 5) is 23.0. The van der Waals surface area contributed by atoms with Crippen molar-refractivity contribution in [3.8, 4) is 5.75 Å². The quantitative estimate of drug-likeness (QED) is 0.641. The molecule has 0 spiro atoms. The van der Waals surface area contributed by atoms with Gasteiger partial charge in [-0.05, 0) is 41.5 Å². The average Bonchev–Trinajstić information content (AvgIpc) is 2.52. The van der Waals surface area contributed by atoms with E-state index < -0.39 is 17.9 Å². The number of thioether (sulfide) groups is 1. The summed E-state index contributed by atoms with van der Waals surface area (Å²) >= 11 is 1.65. The predicted molar refractivity (Wildman–Crippen MR) is 93.2 cm³/mol. The minimum atomic E-state index is -1.02. The maximum Gasteiger partial charge on any atom is 0.326 e. The second kappa shape index (κ2) is 10.2. The fourth-order valence-corrected chi connectivity index (χ4v) is 2.64. The number of nitrogens with one attached hydrogen (secondary N) is 1. The molecule has 1 aromatic carbocycles. The summed E-state index contributed by atoms with van der Waals surface area (Å²) in [7, 11) is 0. The highest BCUT2D eigenvalue weighted by Gasteiger charge is 2.19. The van der Waals surface area contributed by atoms with Crippen LogP contribution in [0.3, 0.4) is 0 Å².